The van der Waals surface area contributed by atoms with Crippen LogP contribution in [0.4, 0.5) is 11.6 Å². The van der Waals surface area contributed by atoms with E-state index in [4.69, 9.17) is 5.73 Å². The van der Waals surface area contributed by atoms with Gasteiger partial charge in [0.25, 0.3) is 0 Å². The smallest absolute Gasteiger partial charge is 0.222 e. The second kappa shape index (κ2) is 3.57. The van der Waals surface area contributed by atoms with Crippen LogP contribution in [0, 0.1) is 0 Å². The molecule has 70 valence electrons. The van der Waals surface area contributed by atoms with Gasteiger partial charge in [-0.3, -0.25) is 0 Å². The standard InChI is InChI=1S/C8H13N5/c9-6-3-11-8(12-4-6)13-7-1-2-10-5-7/h3-4,7,10H,1-2,5,9H2,(H,11,12,13)/t7-/m0/s1. The van der Waals surface area contributed by atoms with Crippen molar-refractivity contribution in [2.45, 2.75) is 12.5 Å². The van der Waals surface area contributed by atoms with Crippen molar-refractivity contribution in [3.63, 3.8) is 0 Å². The molecule has 0 radical (unpaired) electrons. The highest BCUT2D eigenvalue weighted by atomic mass is 15.1. The number of nitrogens with one attached hydrogen (secondary N) is 2. The van der Waals surface area contributed by atoms with Gasteiger partial charge in [0.1, 0.15) is 0 Å². The quantitative estimate of drug-likeness (QED) is 0.588. The van der Waals surface area contributed by atoms with E-state index in [1.807, 2.05) is 0 Å². The lowest BCUT2D eigenvalue weighted by Gasteiger charge is -2.10. The SMILES string of the molecule is Nc1cnc(N[C@H]2CCNC2)nc1. The van der Waals surface area contributed by atoms with Gasteiger partial charge in [-0.2, -0.15) is 0 Å². The topological polar surface area (TPSA) is 75.9 Å². The van der Waals surface area contributed by atoms with E-state index in [9.17, 15) is 0 Å². The van der Waals surface area contributed by atoms with Crippen molar-refractivity contribution in [3.05, 3.63) is 12.4 Å². The zero-order valence-corrected chi connectivity index (χ0v) is 7.33. The summed E-state index contributed by atoms with van der Waals surface area (Å²) >= 11 is 0. The molecule has 5 heteroatoms. The van der Waals surface area contributed by atoms with Gasteiger partial charge in [-0.15, -0.1) is 0 Å². The Bertz CT molecular complexity index is 264. The number of hydrogen-bond donors (Lipinski definition) is 3. The molecule has 0 aliphatic carbocycles. The summed E-state index contributed by atoms with van der Waals surface area (Å²) in [6.07, 6.45) is 4.34. The maximum Gasteiger partial charge on any atom is 0.222 e. The number of nitrogen functional groups attached to an aromatic ring is 1. The van der Waals surface area contributed by atoms with Crippen molar-refractivity contribution in [3.8, 4) is 0 Å². The fourth-order valence-corrected chi connectivity index (χ4v) is 1.37. The zero-order chi connectivity index (χ0) is 9.10. The van der Waals surface area contributed by atoms with E-state index in [0.717, 1.165) is 19.5 Å². The Kier molecular flexibility index (Phi) is 2.27. The summed E-state index contributed by atoms with van der Waals surface area (Å²) in [6, 6.07) is 0.448. The average Bonchev–Trinajstić information content (AvgIpc) is 2.62. The van der Waals surface area contributed by atoms with Gasteiger partial charge in [-0.1, -0.05) is 0 Å². The monoisotopic (exact) mass is 179 g/mol. The molecule has 5 nitrogen and oxygen atoms in total. The Hall–Kier alpha value is -1.36. The van der Waals surface area contributed by atoms with Crippen molar-refractivity contribution in [2.75, 3.05) is 24.1 Å². The lowest BCUT2D eigenvalue weighted by molar-refractivity contribution is 0.780. The molecule has 4 N–H and O–H groups in total. The molecule has 1 saturated heterocycles. The highest BCUT2D eigenvalue weighted by Gasteiger charge is 2.14. The lowest BCUT2D eigenvalue weighted by Crippen LogP contribution is -2.23. The van der Waals surface area contributed by atoms with Gasteiger partial charge in [0.05, 0.1) is 18.1 Å². The van der Waals surface area contributed by atoms with Crippen LogP contribution in [-0.2, 0) is 0 Å². The number of rotatable bonds is 2. The van der Waals surface area contributed by atoms with E-state index in [-0.39, 0.29) is 0 Å². The normalized spacial score (nSPS) is 21.7. The molecule has 1 fully saturated rings. The van der Waals surface area contributed by atoms with Crippen LogP contribution in [0.15, 0.2) is 12.4 Å². The minimum atomic E-state index is 0.448. The van der Waals surface area contributed by atoms with E-state index in [1.165, 1.54) is 0 Å². The fraction of sp³-hybridized carbons (Fsp3) is 0.500. The van der Waals surface area contributed by atoms with E-state index in [1.54, 1.807) is 12.4 Å². The summed E-state index contributed by atoms with van der Waals surface area (Å²) in [5, 5.41) is 6.49. The highest BCUT2D eigenvalue weighted by Crippen LogP contribution is 2.06. The first-order chi connectivity index (χ1) is 6.34. The molecule has 2 heterocycles. The van der Waals surface area contributed by atoms with Crippen molar-refractivity contribution >= 4 is 11.6 Å². The van der Waals surface area contributed by atoms with Crippen LogP contribution in [-0.4, -0.2) is 29.1 Å². The second-order valence-electron chi connectivity index (χ2n) is 3.17. The van der Waals surface area contributed by atoms with Crippen LogP contribution < -0.4 is 16.4 Å². The molecule has 0 bridgehead atoms. The van der Waals surface area contributed by atoms with Crippen molar-refractivity contribution < 1.29 is 0 Å². The van der Waals surface area contributed by atoms with Crippen LogP contribution in [0.25, 0.3) is 0 Å². The van der Waals surface area contributed by atoms with Crippen molar-refractivity contribution in [1.82, 2.24) is 15.3 Å². The molecular formula is C8H13N5. The summed E-state index contributed by atoms with van der Waals surface area (Å²) in [5.74, 6) is 0.655. The Morgan fingerprint density at radius 2 is 2.23 bits per heavy atom. The predicted molar refractivity (Wildman–Crippen MR) is 51.3 cm³/mol. The Balaban J connectivity index is 1.97. The van der Waals surface area contributed by atoms with Crippen LogP contribution in [0.3, 0.4) is 0 Å². The first kappa shape index (κ1) is 8.25. The molecule has 1 atom stereocenters. The molecule has 2 rings (SSSR count). The minimum Gasteiger partial charge on any atom is -0.396 e. The maximum absolute atomic E-state index is 5.47. The summed E-state index contributed by atoms with van der Waals surface area (Å²) in [6.45, 7) is 2.04. The Morgan fingerprint density at radius 1 is 1.46 bits per heavy atom. The van der Waals surface area contributed by atoms with Crippen LogP contribution >= 0.6 is 0 Å². The summed E-state index contributed by atoms with van der Waals surface area (Å²) < 4.78 is 0. The third-order valence-electron chi connectivity index (χ3n) is 2.07. The molecule has 0 unspecified atom stereocenters. The number of nitrogens with two attached hydrogens (primary N) is 1. The van der Waals surface area contributed by atoms with Crippen LogP contribution in [0.1, 0.15) is 6.42 Å². The third-order valence-corrected chi connectivity index (χ3v) is 2.07. The molecule has 0 spiro atoms. The molecule has 0 aromatic carbocycles. The van der Waals surface area contributed by atoms with Gasteiger partial charge >= 0.3 is 0 Å². The Morgan fingerprint density at radius 3 is 2.85 bits per heavy atom. The molecule has 1 aromatic heterocycles. The molecule has 0 saturated carbocycles. The average molecular weight is 179 g/mol. The molecule has 1 aliphatic heterocycles. The molecule has 0 amide bonds. The van der Waals surface area contributed by atoms with E-state index >= 15 is 0 Å². The van der Waals surface area contributed by atoms with Gasteiger partial charge in [0.15, 0.2) is 0 Å². The van der Waals surface area contributed by atoms with Gasteiger partial charge in [-0.25, -0.2) is 9.97 Å². The van der Waals surface area contributed by atoms with E-state index in [0.29, 0.717) is 17.7 Å². The summed E-state index contributed by atoms with van der Waals surface area (Å²) in [5.41, 5.74) is 6.06. The fourth-order valence-electron chi connectivity index (χ4n) is 1.37. The van der Waals surface area contributed by atoms with Gasteiger partial charge in [-0.05, 0) is 13.0 Å². The second-order valence-corrected chi connectivity index (χ2v) is 3.17. The highest BCUT2D eigenvalue weighted by molar-refractivity contribution is 5.36. The van der Waals surface area contributed by atoms with Gasteiger partial charge in [0, 0.05) is 12.6 Å². The molecule has 1 aliphatic rings. The molecular weight excluding hydrogens is 166 g/mol. The Labute approximate surface area is 76.8 Å². The predicted octanol–water partition coefficient (Wildman–Crippen LogP) is -0.167. The van der Waals surface area contributed by atoms with Crippen molar-refractivity contribution in [1.29, 1.82) is 0 Å². The maximum atomic E-state index is 5.47. The van der Waals surface area contributed by atoms with Crippen LogP contribution in [0.2, 0.25) is 0 Å². The summed E-state index contributed by atoms with van der Waals surface area (Å²) in [7, 11) is 0. The number of anilines is 2. The first-order valence-corrected chi connectivity index (χ1v) is 4.39. The van der Waals surface area contributed by atoms with Crippen LogP contribution in [0.5, 0.6) is 0 Å². The van der Waals surface area contributed by atoms with Gasteiger partial charge < -0.3 is 16.4 Å². The van der Waals surface area contributed by atoms with Gasteiger partial charge in [0.2, 0.25) is 5.95 Å². The number of nitrogens with zero attached hydrogens (tertiary/aromatic N) is 2. The molecule has 13 heavy (non-hydrogen) atoms. The molecule has 1 aromatic rings. The zero-order valence-electron chi connectivity index (χ0n) is 7.33. The minimum absolute atomic E-state index is 0.448. The van der Waals surface area contributed by atoms with E-state index < -0.39 is 0 Å². The lowest BCUT2D eigenvalue weighted by atomic mass is 10.3. The summed E-state index contributed by atoms with van der Waals surface area (Å²) in [4.78, 5) is 8.13. The third kappa shape index (κ3) is 2.06. The largest absolute Gasteiger partial charge is 0.396 e. The first-order valence-electron chi connectivity index (χ1n) is 4.39. The number of hydrogen-bond acceptors (Lipinski definition) is 5. The van der Waals surface area contributed by atoms with E-state index in [2.05, 4.69) is 20.6 Å². The number of aromatic nitrogens is 2. The van der Waals surface area contributed by atoms with Crippen molar-refractivity contribution in [2.24, 2.45) is 0 Å².